The topological polar surface area (TPSA) is 48.2 Å². The summed E-state index contributed by atoms with van der Waals surface area (Å²) in [5.41, 5.74) is 1.60. The van der Waals surface area contributed by atoms with Gasteiger partial charge in [0.2, 0.25) is 5.89 Å². The van der Waals surface area contributed by atoms with Crippen LogP contribution in [0.1, 0.15) is 5.56 Å². The molecule has 0 bridgehead atoms. The molecule has 118 valence electrons. The van der Waals surface area contributed by atoms with E-state index in [-0.39, 0.29) is 5.75 Å². The highest BCUT2D eigenvalue weighted by molar-refractivity contribution is 7.98. The van der Waals surface area contributed by atoms with Crippen molar-refractivity contribution in [3.63, 3.8) is 0 Å². The SMILES string of the molecule is COc1ccc(CSc2nnc(-c3ccc(Cl)cc3)o2)cc1F. The molecule has 0 amide bonds. The lowest BCUT2D eigenvalue weighted by Gasteiger charge is -2.03. The molecule has 0 aliphatic carbocycles. The van der Waals surface area contributed by atoms with E-state index in [0.29, 0.717) is 21.9 Å². The number of nitrogens with zero attached hydrogens (tertiary/aromatic N) is 2. The Labute approximate surface area is 141 Å². The number of methoxy groups -OCH3 is 1. The summed E-state index contributed by atoms with van der Waals surface area (Å²) in [5.74, 6) is 0.771. The Kier molecular flexibility index (Phi) is 4.83. The third-order valence-corrected chi connectivity index (χ3v) is 4.22. The first-order valence-corrected chi connectivity index (χ1v) is 8.07. The summed E-state index contributed by atoms with van der Waals surface area (Å²) in [4.78, 5) is 0. The number of aromatic nitrogens is 2. The highest BCUT2D eigenvalue weighted by atomic mass is 35.5. The number of hydrogen-bond acceptors (Lipinski definition) is 5. The molecule has 3 rings (SSSR count). The van der Waals surface area contributed by atoms with Crippen molar-refractivity contribution in [2.75, 3.05) is 7.11 Å². The van der Waals surface area contributed by atoms with Crippen molar-refractivity contribution in [2.24, 2.45) is 0 Å². The number of benzene rings is 2. The molecular formula is C16H12ClFN2O2S. The molecule has 1 heterocycles. The average Bonchev–Trinajstić information content (AvgIpc) is 3.03. The molecule has 0 N–H and O–H groups in total. The van der Waals surface area contributed by atoms with Gasteiger partial charge in [0.25, 0.3) is 5.22 Å². The van der Waals surface area contributed by atoms with Gasteiger partial charge in [0, 0.05) is 16.3 Å². The monoisotopic (exact) mass is 350 g/mol. The lowest BCUT2D eigenvalue weighted by atomic mass is 10.2. The van der Waals surface area contributed by atoms with Crippen LogP contribution in [0.25, 0.3) is 11.5 Å². The van der Waals surface area contributed by atoms with E-state index in [2.05, 4.69) is 10.2 Å². The molecule has 0 spiro atoms. The van der Waals surface area contributed by atoms with Crippen LogP contribution in [0.15, 0.2) is 52.1 Å². The van der Waals surface area contributed by atoms with Crippen LogP contribution >= 0.6 is 23.4 Å². The second-order valence-electron chi connectivity index (χ2n) is 4.64. The highest BCUT2D eigenvalue weighted by Gasteiger charge is 2.10. The van der Waals surface area contributed by atoms with Gasteiger partial charge in [0.15, 0.2) is 11.6 Å². The lowest BCUT2D eigenvalue weighted by molar-refractivity contribution is 0.386. The summed E-state index contributed by atoms with van der Waals surface area (Å²) in [6, 6.07) is 12.0. The van der Waals surface area contributed by atoms with Crippen molar-refractivity contribution in [3.05, 3.63) is 58.9 Å². The van der Waals surface area contributed by atoms with E-state index in [1.807, 2.05) is 12.1 Å². The number of halogens is 2. The standard InChI is InChI=1S/C16H12ClFN2O2S/c1-21-14-7-2-10(8-13(14)18)9-23-16-20-19-15(22-16)11-3-5-12(17)6-4-11/h2-8H,9H2,1H3. The Morgan fingerprint density at radius 3 is 2.65 bits per heavy atom. The van der Waals surface area contributed by atoms with Gasteiger partial charge in [0.05, 0.1) is 7.11 Å². The summed E-state index contributed by atoms with van der Waals surface area (Å²) in [7, 11) is 1.43. The van der Waals surface area contributed by atoms with E-state index in [1.165, 1.54) is 24.9 Å². The summed E-state index contributed by atoms with van der Waals surface area (Å²) in [5, 5.41) is 9.05. The second kappa shape index (κ2) is 7.02. The molecule has 0 radical (unpaired) electrons. The average molecular weight is 351 g/mol. The summed E-state index contributed by atoms with van der Waals surface area (Å²) in [6.07, 6.45) is 0. The molecular weight excluding hydrogens is 339 g/mol. The Hall–Kier alpha value is -2.05. The van der Waals surface area contributed by atoms with Crippen LogP contribution in [0.4, 0.5) is 4.39 Å². The fourth-order valence-corrected chi connectivity index (χ4v) is 2.75. The van der Waals surface area contributed by atoms with Gasteiger partial charge < -0.3 is 9.15 Å². The van der Waals surface area contributed by atoms with E-state index < -0.39 is 5.82 Å². The van der Waals surface area contributed by atoms with E-state index in [1.54, 1.807) is 24.3 Å². The fourth-order valence-electron chi connectivity index (χ4n) is 1.92. The van der Waals surface area contributed by atoms with Gasteiger partial charge in [-0.2, -0.15) is 0 Å². The van der Waals surface area contributed by atoms with Crippen LogP contribution in [0.5, 0.6) is 5.75 Å². The van der Waals surface area contributed by atoms with Crippen LogP contribution in [0.2, 0.25) is 5.02 Å². The molecule has 4 nitrogen and oxygen atoms in total. The first-order chi connectivity index (χ1) is 11.2. The van der Waals surface area contributed by atoms with Gasteiger partial charge in [-0.25, -0.2) is 4.39 Å². The maximum absolute atomic E-state index is 13.6. The largest absolute Gasteiger partial charge is 0.494 e. The first kappa shape index (κ1) is 15.8. The van der Waals surface area contributed by atoms with Crippen molar-refractivity contribution in [1.29, 1.82) is 0 Å². The Bertz CT molecular complexity index is 808. The third-order valence-electron chi connectivity index (χ3n) is 3.08. The van der Waals surface area contributed by atoms with Crippen molar-refractivity contribution in [1.82, 2.24) is 10.2 Å². The summed E-state index contributed by atoms with van der Waals surface area (Å²) < 4.78 is 24.1. The number of ether oxygens (including phenoxy) is 1. The highest BCUT2D eigenvalue weighted by Crippen LogP contribution is 2.27. The van der Waals surface area contributed by atoms with Gasteiger partial charge in [0.1, 0.15) is 0 Å². The minimum absolute atomic E-state index is 0.224. The van der Waals surface area contributed by atoms with E-state index >= 15 is 0 Å². The summed E-state index contributed by atoms with van der Waals surface area (Å²) in [6.45, 7) is 0. The molecule has 0 fully saturated rings. The molecule has 2 aromatic carbocycles. The minimum atomic E-state index is -0.391. The van der Waals surface area contributed by atoms with Crippen molar-refractivity contribution >= 4 is 23.4 Å². The molecule has 0 aliphatic rings. The summed E-state index contributed by atoms with van der Waals surface area (Å²) >= 11 is 7.19. The second-order valence-corrected chi connectivity index (χ2v) is 6.00. The first-order valence-electron chi connectivity index (χ1n) is 6.70. The quantitative estimate of drug-likeness (QED) is 0.617. The van der Waals surface area contributed by atoms with Gasteiger partial charge in [-0.15, -0.1) is 10.2 Å². The number of hydrogen-bond donors (Lipinski definition) is 0. The molecule has 0 unspecified atom stereocenters. The Morgan fingerprint density at radius 1 is 1.17 bits per heavy atom. The van der Waals surface area contributed by atoms with Crippen molar-refractivity contribution < 1.29 is 13.5 Å². The Balaban J connectivity index is 1.67. The molecule has 0 saturated carbocycles. The zero-order chi connectivity index (χ0) is 16.2. The number of thioether (sulfide) groups is 1. The maximum Gasteiger partial charge on any atom is 0.277 e. The minimum Gasteiger partial charge on any atom is -0.494 e. The molecule has 7 heteroatoms. The van der Waals surface area contributed by atoms with Crippen LogP contribution in [0.3, 0.4) is 0 Å². The maximum atomic E-state index is 13.6. The van der Waals surface area contributed by atoms with Crippen LogP contribution in [0, 0.1) is 5.82 Å². The van der Waals surface area contributed by atoms with Gasteiger partial charge >= 0.3 is 0 Å². The van der Waals surface area contributed by atoms with Gasteiger partial charge in [-0.1, -0.05) is 29.4 Å². The predicted molar refractivity (Wildman–Crippen MR) is 87.3 cm³/mol. The molecule has 1 aromatic heterocycles. The van der Waals surface area contributed by atoms with Crippen molar-refractivity contribution in [2.45, 2.75) is 11.0 Å². The third kappa shape index (κ3) is 3.83. The van der Waals surface area contributed by atoms with Crippen molar-refractivity contribution in [3.8, 4) is 17.2 Å². The zero-order valence-electron chi connectivity index (χ0n) is 12.1. The normalized spacial score (nSPS) is 10.7. The molecule has 0 atom stereocenters. The van der Waals surface area contributed by atoms with E-state index in [0.717, 1.165) is 11.1 Å². The van der Waals surface area contributed by atoms with Crippen LogP contribution in [-0.4, -0.2) is 17.3 Å². The lowest BCUT2D eigenvalue weighted by Crippen LogP contribution is -1.90. The molecule has 3 aromatic rings. The Morgan fingerprint density at radius 2 is 1.96 bits per heavy atom. The number of rotatable bonds is 5. The van der Waals surface area contributed by atoms with E-state index in [4.69, 9.17) is 20.8 Å². The van der Waals surface area contributed by atoms with Gasteiger partial charge in [-0.3, -0.25) is 0 Å². The van der Waals surface area contributed by atoms with E-state index in [9.17, 15) is 4.39 Å². The van der Waals surface area contributed by atoms with Gasteiger partial charge in [-0.05, 0) is 42.0 Å². The molecule has 23 heavy (non-hydrogen) atoms. The predicted octanol–water partition coefficient (Wildman–Crippen LogP) is 4.83. The fraction of sp³-hybridized carbons (Fsp3) is 0.125. The molecule has 0 saturated heterocycles. The zero-order valence-corrected chi connectivity index (χ0v) is 13.7. The smallest absolute Gasteiger partial charge is 0.277 e. The molecule has 0 aliphatic heterocycles. The van der Waals surface area contributed by atoms with Crippen LogP contribution in [-0.2, 0) is 5.75 Å². The van der Waals surface area contributed by atoms with Crippen LogP contribution < -0.4 is 4.74 Å².